The highest BCUT2D eigenvalue weighted by Gasteiger charge is 2.40. The number of carbonyl (C=O) groups is 1. The van der Waals surface area contributed by atoms with Crippen molar-refractivity contribution in [2.75, 3.05) is 10.8 Å². The standard InChI is InChI=1S/C11H12ClNO4S/c12-8-1-3-9(4-2-8)13(7-11(14)15)18(16,17)10-5-6-10/h1-4,10H,5-7H2,(H,14,15). The molecule has 0 bridgehead atoms. The molecule has 0 saturated heterocycles. The number of carboxylic acids is 1. The maximum atomic E-state index is 12.1. The number of hydrogen-bond acceptors (Lipinski definition) is 3. The number of nitrogens with zero attached hydrogens (tertiary/aromatic N) is 1. The summed E-state index contributed by atoms with van der Waals surface area (Å²) >= 11 is 5.73. The van der Waals surface area contributed by atoms with Crippen LogP contribution in [-0.4, -0.2) is 31.3 Å². The summed E-state index contributed by atoms with van der Waals surface area (Å²) in [5.41, 5.74) is 0.328. The van der Waals surface area contributed by atoms with Crippen LogP contribution in [0.2, 0.25) is 5.02 Å². The number of carboxylic acid groups (broad SMARTS) is 1. The molecule has 1 aliphatic carbocycles. The van der Waals surface area contributed by atoms with Gasteiger partial charge in [0.15, 0.2) is 0 Å². The van der Waals surface area contributed by atoms with E-state index >= 15 is 0 Å². The Morgan fingerprint density at radius 3 is 2.33 bits per heavy atom. The van der Waals surface area contributed by atoms with E-state index in [-0.39, 0.29) is 0 Å². The smallest absolute Gasteiger partial charge is 0.324 e. The summed E-state index contributed by atoms with van der Waals surface area (Å²) in [6.07, 6.45) is 1.18. The number of sulfonamides is 1. The summed E-state index contributed by atoms with van der Waals surface area (Å²) in [6.45, 7) is -0.569. The van der Waals surface area contributed by atoms with Crippen molar-refractivity contribution in [3.63, 3.8) is 0 Å². The Labute approximate surface area is 110 Å². The molecule has 1 fully saturated rings. The van der Waals surface area contributed by atoms with Crippen LogP contribution in [0.1, 0.15) is 12.8 Å². The first-order chi connectivity index (χ1) is 8.41. The van der Waals surface area contributed by atoms with Gasteiger partial charge in [-0.05, 0) is 37.1 Å². The van der Waals surface area contributed by atoms with Crippen molar-refractivity contribution in [2.45, 2.75) is 18.1 Å². The zero-order valence-electron chi connectivity index (χ0n) is 9.41. The fraction of sp³-hybridized carbons (Fsp3) is 0.364. The van der Waals surface area contributed by atoms with Crippen molar-refractivity contribution < 1.29 is 18.3 Å². The van der Waals surface area contributed by atoms with Crippen LogP contribution in [0.15, 0.2) is 24.3 Å². The van der Waals surface area contributed by atoms with Gasteiger partial charge in [0.2, 0.25) is 10.0 Å². The normalized spacial score (nSPS) is 15.4. The molecule has 2 rings (SSSR count). The Morgan fingerprint density at radius 1 is 1.33 bits per heavy atom. The zero-order chi connectivity index (χ0) is 13.3. The summed E-state index contributed by atoms with van der Waals surface area (Å²) in [4.78, 5) is 10.8. The van der Waals surface area contributed by atoms with Gasteiger partial charge in [0, 0.05) is 5.02 Å². The highest BCUT2D eigenvalue weighted by atomic mass is 35.5. The summed E-state index contributed by atoms with van der Waals surface area (Å²) in [7, 11) is -3.58. The first-order valence-electron chi connectivity index (χ1n) is 5.40. The molecular formula is C11H12ClNO4S. The fourth-order valence-electron chi connectivity index (χ4n) is 1.60. The third kappa shape index (κ3) is 2.76. The summed E-state index contributed by atoms with van der Waals surface area (Å²) < 4.78 is 25.2. The van der Waals surface area contributed by atoms with Crippen LogP contribution in [0.5, 0.6) is 0 Å². The molecule has 0 atom stereocenters. The van der Waals surface area contributed by atoms with Crippen LogP contribution >= 0.6 is 11.6 Å². The van der Waals surface area contributed by atoms with E-state index in [1.165, 1.54) is 24.3 Å². The second kappa shape index (κ2) is 4.78. The minimum atomic E-state index is -3.58. The predicted molar refractivity (Wildman–Crippen MR) is 68.4 cm³/mol. The summed E-state index contributed by atoms with van der Waals surface area (Å²) in [5.74, 6) is -1.19. The molecule has 18 heavy (non-hydrogen) atoms. The predicted octanol–water partition coefficient (Wildman–Crippen LogP) is 1.72. The second-order valence-corrected chi connectivity index (χ2v) is 6.69. The molecule has 1 N–H and O–H groups in total. The molecule has 0 radical (unpaired) electrons. The molecule has 0 aromatic heterocycles. The van der Waals surface area contributed by atoms with Crippen molar-refractivity contribution in [3.05, 3.63) is 29.3 Å². The Hall–Kier alpha value is -1.27. The van der Waals surface area contributed by atoms with Crippen molar-refractivity contribution in [3.8, 4) is 0 Å². The average molecular weight is 290 g/mol. The van der Waals surface area contributed by atoms with Crippen LogP contribution < -0.4 is 4.31 Å². The molecule has 5 nitrogen and oxygen atoms in total. The Kier molecular flexibility index (Phi) is 3.49. The summed E-state index contributed by atoms with van der Waals surface area (Å²) in [5, 5.41) is 8.85. The lowest BCUT2D eigenvalue weighted by atomic mass is 10.3. The van der Waals surface area contributed by atoms with Gasteiger partial charge in [0.25, 0.3) is 0 Å². The molecular weight excluding hydrogens is 278 g/mol. The van der Waals surface area contributed by atoms with Crippen LogP contribution in [-0.2, 0) is 14.8 Å². The first-order valence-corrected chi connectivity index (χ1v) is 7.28. The van der Waals surface area contributed by atoms with E-state index in [0.29, 0.717) is 23.6 Å². The van der Waals surface area contributed by atoms with Crippen LogP contribution in [0.25, 0.3) is 0 Å². The molecule has 98 valence electrons. The van der Waals surface area contributed by atoms with E-state index in [1.807, 2.05) is 0 Å². The van der Waals surface area contributed by atoms with Crippen LogP contribution in [0.3, 0.4) is 0 Å². The zero-order valence-corrected chi connectivity index (χ0v) is 11.0. The summed E-state index contributed by atoms with van der Waals surface area (Å²) in [6, 6.07) is 6.08. The second-order valence-electron chi connectivity index (χ2n) is 4.12. The van der Waals surface area contributed by atoms with Gasteiger partial charge in [-0.1, -0.05) is 11.6 Å². The molecule has 0 spiro atoms. The van der Waals surface area contributed by atoms with Gasteiger partial charge in [-0.2, -0.15) is 0 Å². The third-order valence-corrected chi connectivity index (χ3v) is 5.17. The first kappa shape index (κ1) is 13.2. The lowest BCUT2D eigenvalue weighted by Crippen LogP contribution is -2.37. The number of benzene rings is 1. The van der Waals surface area contributed by atoms with Gasteiger partial charge in [-0.3, -0.25) is 9.10 Å². The molecule has 0 amide bonds. The Balaban J connectivity index is 2.36. The van der Waals surface area contributed by atoms with E-state index in [9.17, 15) is 13.2 Å². The number of halogens is 1. The fourth-order valence-corrected chi connectivity index (χ4v) is 3.53. The molecule has 1 saturated carbocycles. The van der Waals surface area contributed by atoms with Gasteiger partial charge in [0.05, 0.1) is 10.9 Å². The molecule has 1 aromatic rings. The average Bonchev–Trinajstić information content (AvgIpc) is 3.11. The lowest BCUT2D eigenvalue weighted by molar-refractivity contribution is -0.135. The van der Waals surface area contributed by atoms with Crippen LogP contribution in [0, 0.1) is 0 Å². The van der Waals surface area contributed by atoms with Crippen molar-refractivity contribution in [2.24, 2.45) is 0 Å². The van der Waals surface area contributed by atoms with Crippen LogP contribution in [0.4, 0.5) is 5.69 Å². The third-order valence-electron chi connectivity index (χ3n) is 2.65. The molecule has 0 heterocycles. The quantitative estimate of drug-likeness (QED) is 0.895. The van der Waals surface area contributed by atoms with E-state index in [2.05, 4.69) is 0 Å². The minimum Gasteiger partial charge on any atom is -0.480 e. The maximum absolute atomic E-state index is 12.1. The molecule has 7 heteroatoms. The van der Waals surface area contributed by atoms with Crippen molar-refractivity contribution in [1.82, 2.24) is 0 Å². The maximum Gasteiger partial charge on any atom is 0.324 e. The Bertz CT molecular complexity index is 551. The largest absolute Gasteiger partial charge is 0.480 e. The van der Waals surface area contributed by atoms with Gasteiger partial charge in [-0.15, -0.1) is 0 Å². The monoisotopic (exact) mass is 289 g/mol. The minimum absolute atomic E-state index is 0.328. The number of rotatable bonds is 5. The number of anilines is 1. The molecule has 1 aliphatic rings. The van der Waals surface area contributed by atoms with Crippen molar-refractivity contribution >= 4 is 33.3 Å². The highest BCUT2D eigenvalue weighted by molar-refractivity contribution is 7.93. The van der Waals surface area contributed by atoms with Crippen molar-refractivity contribution in [1.29, 1.82) is 0 Å². The van der Waals surface area contributed by atoms with E-state index in [4.69, 9.17) is 16.7 Å². The van der Waals surface area contributed by atoms with Gasteiger partial charge in [0.1, 0.15) is 6.54 Å². The van der Waals surface area contributed by atoms with E-state index < -0.39 is 27.8 Å². The number of hydrogen-bond donors (Lipinski definition) is 1. The highest BCUT2D eigenvalue weighted by Crippen LogP contribution is 2.33. The lowest BCUT2D eigenvalue weighted by Gasteiger charge is -2.22. The topological polar surface area (TPSA) is 74.7 Å². The van der Waals surface area contributed by atoms with Gasteiger partial charge >= 0.3 is 5.97 Å². The van der Waals surface area contributed by atoms with E-state index in [1.54, 1.807) is 0 Å². The van der Waals surface area contributed by atoms with E-state index in [0.717, 1.165) is 4.31 Å². The molecule has 0 unspecified atom stereocenters. The molecule has 1 aromatic carbocycles. The Morgan fingerprint density at radius 2 is 1.89 bits per heavy atom. The molecule has 0 aliphatic heterocycles. The van der Waals surface area contributed by atoms with Gasteiger partial charge in [-0.25, -0.2) is 8.42 Å². The van der Waals surface area contributed by atoms with Gasteiger partial charge < -0.3 is 5.11 Å². The number of aliphatic carboxylic acids is 1. The SMILES string of the molecule is O=C(O)CN(c1ccc(Cl)cc1)S(=O)(=O)C1CC1.